The molecule has 0 saturated carbocycles. The first-order valence-corrected chi connectivity index (χ1v) is 6.90. The molecule has 0 aliphatic heterocycles. The van der Waals surface area contributed by atoms with Crippen LogP contribution in [-0.2, 0) is 0 Å². The molecule has 3 aromatic rings. The molecule has 0 spiro atoms. The van der Waals surface area contributed by atoms with Gasteiger partial charge < -0.3 is 14.6 Å². The molecule has 0 saturated heterocycles. The van der Waals surface area contributed by atoms with E-state index in [0.29, 0.717) is 22.1 Å². The van der Waals surface area contributed by atoms with Crippen LogP contribution in [-0.4, -0.2) is 49.9 Å². The predicted molar refractivity (Wildman–Crippen MR) is 72.8 cm³/mol. The number of thiazole rings is 1. The second-order valence-corrected chi connectivity index (χ2v) is 5.38. The summed E-state index contributed by atoms with van der Waals surface area (Å²) in [5.74, 6) is 0.745. The summed E-state index contributed by atoms with van der Waals surface area (Å²) in [5, 5.41) is 23.4. The SMILES string of the molecule is CN(CCO)C(c1ccco1)c1sc2ncnn2c1O. The van der Waals surface area contributed by atoms with Gasteiger partial charge in [0, 0.05) is 6.54 Å². The van der Waals surface area contributed by atoms with Crippen molar-refractivity contribution in [3.05, 3.63) is 35.4 Å². The number of likely N-dealkylation sites (N-methyl/N-ethyl adjacent to an activating group) is 1. The largest absolute Gasteiger partial charge is 0.492 e. The monoisotopic (exact) mass is 294 g/mol. The van der Waals surface area contributed by atoms with E-state index in [1.165, 1.54) is 22.2 Å². The predicted octanol–water partition coefficient (Wildman–Crippen LogP) is 1.10. The molecule has 0 aromatic carbocycles. The summed E-state index contributed by atoms with van der Waals surface area (Å²) in [7, 11) is 1.86. The van der Waals surface area contributed by atoms with E-state index in [0.717, 1.165) is 0 Å². The summed E-state index contributed by atoms with van der Waals surface area (Å²) >= 11 is 1.35. The number of aliphatic hydroxyl groups excluding tert-OH is 1. The topological polar surface area (TPSA) is 87.0 Å². The molecule has 0 aliphatic rings. The Morgan fingerprint density at radius 1 is 1.55 bits per heavy atom. The van der Waals surface area contributed by atoms with Gasteiger partial charge in [-0.3, -0.25) is 4.90 Å². The van der Waals surface area contributed by atoms with Crippen molar-refractivity contribution in [2.75, 3.05) is 20.2 Å². The summed E-state index contributed by atoms with van der Waals surface area (Å²) < 4.78 is 6.86. The molecular formula is C12H14N4O3S. The van der Waals surface area contributed by atoms with Crippen molar-refractivity contribution in [2.45, 2.75) is 6.04 Å². The number of rotatable bonds is 5. The maximum Gasteiger partial charge on any atom is 0.230 e. The molecule has 0 fully saturated rings. The summed E-state index contributed by atoms with van der Waals surface area (Å²) in [6.45, 7) is 0.480. The van der Waals surface area contributed by atoms with Crippen molar-refractivity contribution in [1.82, 2.24) is 19.5 Å². The molecule has 106 valence electrons. The Labute approximate surface area is 118 Å². The molecule has 0 amide bonds. The molecule has 2 N–H and O–H groups in total. The van der Waals surface area contributed by atoms with Gasteiger partial charge in [-0.25, -0.2) is 4.98 Å². The van der Waals surface area contributed by atoms with Crippen molar-refractivity contribution in [1.29, 1.82) is 0 Å². The summed E-state index contributed by atoms with van der Waals surface area (Å²) in [4.78, 5) is 7.29. The Morgan fingerprint density at radius 2 is 2.40 bits per heavy atom. The van der Waals surface area contributed by atoms with Crippen LogP contribution >= 0.6 is 11.3 Å². The van der Waals surface area contributed by atoms with Crippen LogP contribution in [0.3, 0.4) is 0 Å². The minimum absolute atomic E-state index is 0.0230. The lowest BCUT2D eigenvalue weighted by Gasteiger charge is -2.24. The van der Waals surface area contributed by atoms with Gasteiger partial charge in [0.15, 0.2) is 0 Å². The molecule has 3 aromatic heterocycles. The van der Waals surface area contributed by atoms with Crippen LogP contribution < -0.4 is 0 Å². The highest BCUT2D eigenvalue weighted by Gasteiger charge is 2.28. The van der Waals surface area contributed by atoms with Crippen LogP contribution in [0.1, 0.15) is 16.7 Å². The number of aliphatic hydroxyl groups is 1. The van der Waals surface area contributed by atoms with Gasteiger partial charge in [0.1, 0.15) is 18.1 Å². The zero-order chi connectivity index (χ0) is 14.1. The quantitative estimate of drug-likeness (QED) is 0.733. The lowest BCUT2D eigenvalue weighted by molar-refractivity contribution is 0.184. The van der Waals surface area contributed by atoms with E-state index in [4.69, 9.17) is 9.52 Å². The second kappa shape index (κ2) is 5.23. The molecule has 0 aliphatic carbocycles. The Balaban J connectivity index is 2.08. The summed E-state index contributed by atoms with van der Waals surface area (Å²) in [6, 6.07) is 3.35. The molecule has 8 heteroatoms. The van der Waals surface area contributed by atoms with Crippen molar-refractivity contribution < 1.29 is 14.6 Å². The van der Waals surface area contributed by atoms with E-state index in [2.05, 4.69) is 10.1 Å². The van der Waals surface area contributed by atoms with Gasteiger partial charge >= 0.3 is 0 Å². The number of aromatic hydroxyl groups is 1. The van der Waals surface area contributed by atoms with Gasteiger partial charge in [0.05, 0.1) is 17.7 Å². The molecule has 20 heavy (non-hydrogen) atoms. The third kappa shape index (κ3) is 2.07. The van der Waals surface area contributed by atoms with Crippen molar-refractivity contribution >= 4 is 16.3 Å². The van der Waals surface area contributed by atoms with E-state index in [1.807, 2.05) is 18.0 Å². The smallest absolute Gasteiger partial charge is 0.230 e. The Morgan fingerprint density at radius 3 is 3.05 bits per heavy atom. The van der Waals surface area contributed by atoms with Crippen molar-refractivity contribution in [3.8, 4) is 5.88 Å². The van der Waals surface area contributed by atoms with Gasteiger partial charge in [-0.15, -0.1) is 0 Å². The van der Waals surface area contributed by atoms with E-state index in [1.54, 1.807) is 12.3 Å². The van der Waals surface area contributed by atoms with E-state index in [-0.39, 0.29) is 18.5 Å². The molecular weight excluding hydrogens is 280 g/mol. The normalized spacial score (nSPS) is 13.3. The fourth-order valence-electron chi connectivity index (χ4n) is 2.15. The lowest BCUT2D eigenvalue weighted by Crippen LogP contribution is -2.27. The average Bonchev–Trinajstić information content (AvgIpc) is 3.12. The average molecular weight is 294 g/mol. The number of nitrogens with zero attached hydrogens (tertiary/aromatic N) is 4. The van der Waals surface area contributed by atoms with Gasteiger partial charge in [-0.2, -0.15) is 9.61 Å². The molecule has 7 nitrogen and oxygen atoms in total. The zero-order valence-electron chi connectivity index (χ0n) is 10.8. The van der Waals surface area contributed by atoms with Crippen LogP contribution in [0, 0.1) is 0 Å². The van der Waals surface area contributed by atoms with E-state index in [9.17, 15) is 5.11 Å². The minimum atomic E-state index is -0.286. The number of furan rings is 1. The number of fused-ring (bicyclic) bond motifs is 1. The van der Waals surface area contributed by atoms with Gasteiger partial charge in [-0.1, -0.05) is 11.3 Å². The highest BCUT2D eigenvalue weighted by molar-refractivity contribution is 7.17. The van der Waals surface area contributed by atoms with Gasteiger partial charge in [0.2, 0.25) is 10.8 Å². The fraction of sp³-hybridized carbons (Fsp3) is 0.333. The number of hydrogen-bond acceptors (Lipinski definition) is 7. The third-order valence-corrected chi connectivity index (χ3v) is 4.18. The fourth-order valence-corrected chi connectivity index (χ4v) is 3.25. The van der Waals surface area contributed by atoms with Crippen molar-refractivity contribution in [2.24, 2.45) is 0 Å². The minimum Gasteiger partial charge on any atom is -0.492 e. The Kier molecular flexibility index (Phi) is 3.43. The van der Waals surface area contributed by atoms with Crippen LogP contribution in [0.15, 0.2) is 29.1 Å². The van der Waals surface area contributed by atoms with Gasteiger partial charge in [-0.05, 0) is 19.2 Å². The maximum absolute atomic E-state index is 10.3. The standard InChI is InChI=1S/C12H14N4O3S/c1-15(4-5-17)9(8-3-2-6-19-8)10-11(18)16-12(20-10)13-7-14-16/h2-3,6-7,9,17-18H,4-5H2,1H3. The van der Waals surface area contributed by atoms with Crippen LogP contribution in [0.25, 0.3) is 4.96 Å². The second-order valence-electron chi connectivity index (χ2n) is 4.37. The first-order chi connectivity index (χ1) is 9.72. The highest BCUT2D eigenvalue weighted by Crippen LogP contribution is 2.38. The Hall–Kier alpha value is -1.90. The first kappa shape index (κ1) is 13.1. The molecule has 0 bridgehead atoms. The van der Waals surface area contributed by atoms with Gasteiger partial charge in [0.25, 0.3) is 0 Å². The van der Waals surface area contributed by atoms with Crippen LogP contribution in [0.5, 0.6) is 5.88 Å². The van der Waals surface area contributed by atoms with Crippen LogP contribution in [0.2, 0.25) is 0 Å². The first-order valence-electron chi connectivity index (χ1n) is 6.08. The molecule has 3 heterocycles. The third-order valence-electron chi connectivity index (χ3n) is 3.09. The molecule has 0 radical (unpaired) electrons. The van der Waals surface area contributed by atoms with E-state index < -0.39 is 0 Å². The number of aromatic nitrogens is 3. The lowest BCUT2D eigenvalue weighted by atomic mass is 10.1. The molecule has 1 unspecified atom stereocenters. The Bertz CT molecular complexity index is 691. The van der Waals surface area contributed by atoms with Crippen molar-refractivity contribution in [3.63, 3.8) is 0 Å². The summed E-state index contributed by atoms with van der Waals surface area (Å²) in [6.07, 6.45) is 2.98. The van der Waals surface area contributed by atoms with Crippen LogP contribution in [0.4, 0.5) is 0 Å². The number of hydrogen-bond donors (Lipinski definition) is 2. The van der Waals surface area contributed by atoms with E-state index >= 15 is 0 Å². The summed E-state index contributed by atoms with van der Waals surface area (Å²) in [5.41, 5.74) is 0. The zero-order valence-corrected chi connectivity index (χ0v) is 11.6. The molecule has 3 rings (SSSR count). The maximum atomic E-state index is 10.3. The molecule has 1 atom stereocenters. The highest BCUT2D eigenvalue weighted by atomic mass is 32.1.